The molecule has 0 aliphatic carbocycles. The van der Waals surface area contributed by atoms with Crippen LogP contribution in [-0.2, 0) is 7.05 Å². The maximum atomic E-state index is 4.25. The average molecular weight is 183 g/mol. The Morgan fingerprint density at radius 2 is 2.58 bits per heavy atom. The third-order valence-corrected chi connectivity index (χ3v) is 3.38. The summed E-state index contributed by atoms with van der Waals surface area (Å²) in [6.45, 7) is 2.36. The number of hydrogen-bond acceptors (Lipinski definition) is 3. The number of nitrogens with zero attached hydrogens (tertiary/aromatic N) is 2. The van der Waals surface area contributed by atoms with E-state index < -0.39 is 0 Å². The highest BCUT2D eigenvalue weighted by molar-refractivity contribution is 7.99. The lowest BCUT2D eigenvalue weighted by Gasteiger charge is -2.26. The molecule has 66 valence electrons. The lowest BCUT2D eigenvalue weighted by molar-refractivity contribution is 0.385. The second-order valence-electron chi connectivity index (χ2n) is 3.16. The van der Waals surface area contributed by atoms with Crippen molar-refractivity contribution in [2.24, 2.45) is 13.0 Å². The van der Waals surface area contributed by atoms with Gasteiger partial charge >= 0.3 is 0 Å². The van der Waals surface area contributed by atoms with Crippen molar-refractivity contribution in [3.05, 3.63) is 12.4 Å². The molecule has 0 unspecified atom stereocenters. The van der Waals surface area contributed by atoms with E-state index in [2.05, 4.69) is 14.9 Å². The van der Waals surface area contributed by atoms with Gasteiger partial charge in [0.2, 0.25) is 0 Å². The number of hydrogen-bond donors (Lipinski definition) is 1. The van der Waals surface area contributed by atoms with Crippen molar-refractivity contribution in [2.75, 3.05) is 18.8 Å². The van der Waals surface area contributed by atoms with Crippen molar-refractivity contribution in [3.63, 3.8) is 0 Å². The average Bonchev–Trinajstić information content (AvgIpc) is 2.33. The normalized spacial score (nSPS) is 17.8. The van der Waals surface area contributed by atoms with Crippen LogP contribution in [0.5, 0.6) is 0 Å². The Morgan fingerprint density at radius 3 is 3.08 bits per heavy atom. The molecule has 0 radical (unpaired) electrons. The Bertz CT molecular complexity index is 255. The monoisotopic (exact) mass is 183 g/mol. The summed E-state index contributed by atoms with van der Waals surface area (Å²) in [7, 11) is 2.04. The van der Waals surface area contributed by atoms with E-state index in [-0.39, 0.29) is 0 Å². The van der Waals surface area contributed by atoms with Gasteiger partial charge in [-0.3, -0.25) is 0 Å². The number of aromatic nitrogens is 2. The molecule has 4 heteroatoms. The first-order chi connectivity index (χ1) is 5.86. The van der Waals surface area contributed by atoms with Crippen LogP contribution < -0.4 is 5.32 Å². The van der Waals surface area contributed by atoms with E-state index >= 15 is 0 Å². The summed E-state index contributed by atoms with van der Waals surface area (Å²) in [5.74, 6) is 2.05. The van der Waals surface area contributed by atoms with Gasteiger partial charge in [-0.1, -0.05) is 11.8 Å². The summed E-state index contributed by atoms with van der Waals surface area (Å²) in [5, 5.41) is 4.39. The van der Waals surface area contributed by atoms with E-state index in [4.69, 9.17) is 0 Å². The Kier molecular flexibility index (Phi) is 2.37. The predicted molar refractivity (Wildman–Crippen MR) is 50.3 cm³/mol. The Hall–Kier alpha value is -0.480. The molecule has 0 aromatic carbocycles. The van der Waals surface area contributed by atoms with Crippen molar-refractivity contribution in [1.29, 1.82) is 0 Å². The summed E-state index contributed by atoms with van der Waals surface area (Å²) < 4.78 is 2.07. The first kappa shape index (κ1) is 8.13. The molecule has 0 atom stereocenters. The maximum Gasteiger partial charge on any atom is 0.167 e. The van der Waals surface area contributed by atoms with Gasteiger partial charge in [-0.2, -0.15) is 0 Å². The fraction of sp³-hybridized carbons (Fsp3) is 0.625. The molecule has 1 fully saturated rings. The molecule has 1 N–H and O–H groups in total. The molecule has 1 aliphatic heterocycles. The van der Waals surface area contributed by atoms with Crippen LogP contribution in [0.25, 0.3) is 0 Å². The highest BCUT2D eigenvalue weighted by Crippen LogP contribution is 2.19. The summed E-state index contributed by atoms with van der Waals surface area (Å²) in [6, 6.07) is 0. The Morgan fingerprint density at radius 1 is 1.75 bits per heavy atom. The van der Waals surface area contributed by atoms with E-state index in [1.54, 1.807) is 0 Å². The van der Waals surface area contributed by atoms with Gasteiger partial charge in [-0.15, -0.1) is 0 Å². The first-order valence-corrected chi connectivity index (χ1v) is 5.15. The molecule has 2 heterocycles. The molecule has 3 nitrogen and oxygen atoms in total. The van der Waals surface area contributed by atoms with Crippen LogP contribution in [-0.4, -0.2) is 28.4 Å². The lowest BCUT2D eigenvalue weighted by Crippen LogP contribution is -2.43. The zero-order valence-electron chi connectivity index (χ0n) is 7.16. The minimum Gasteiger partial charge on any atom is -0.329 e. The second-order valence-corrected chi connectivity index (χ2v) is 4.14. The number of aryl methyl sites for hydroxylation is 1. The predicted octanol–water partition coefficient (Wildman–Crippen LogP) is 0.732. The van der Waals surface area contributed by atoms with Crippen LogP contribution in [0.3, 0.4) is 0 Å². The van der Waals surface area contributed by atoms with Gasteiger partial charge in [0.05, 0.1) is 0 Å². The minimum atomic E-state index is 0.853. The number of imidazole rings is 1. The minimum absolute atomic E-state index is 0.853. The molecule has 1 aromatic heterocycles. The maximum absolute atomic E-state index is 4.25. The molecule has 0 spiro atoms. The largest absolute Gasteiger partial charge is 0.329 e. The smallest absolute Gasteiger partial charge is 0.167 e. The standard InChI is InChI=1S/C8H13N3S/c1-11-3-2-10-8(11)12-6-7-4-9-5-7/h2-3,7,9H,4-6H2,1H3. The van der Waals surface area contributed by atoms with Gasteiger partial charge < -0.3 is 9.88 Å². The Balaban J connectivity index is 1.82. The van der Waals surface area contributed by atoms with Gasteiger partial charge in [-0.25, -0.2) is 4.98 Å². The fourth-order valence-electron chi connectivity index (χ4n) is 1.15. The van der Waals surface area contributed by atoms with Crippen LogP contribution >= 0.6 is 11.8 Å². The van der Waals surface area contributed by atoms with E-state index in [0.717, 1.165) is 11.1 Å². The summed E-state index contributed by atoms with van der Waals surface area (Å²) in [5.41, 5.74) is 0. The van der Waals surface area contributed by atoms with Gasteiger partial charge in [0, 0.05) is 25.2 Å². The SMILES string of the molecule is Cn1ccnc1SCC1CNC1. The lowest BCUT2D eigenvalue weighted by atomic mass is 10.1. The zero-order valence-corrected chi connectivity index (χ0v) is 7.97. The molecule has 0 amide bonds. The van der Waals surface area contributed by atoms with E-state index in [1.165, 1.54) is 18.8 Å². The van der Waals surface area contributed by atoms with Crippen LogP contribution in [0.15, 0.2) is 17.6 Å². The van der Waals surface area contributed by atoms with Crippen molar-refractivity contribution < 1.29 is 0 Å². The highest BCUT2D eigenvalue weighted by atomic mass is 32.2. The molecule has 1 aliphatic rings. The summed E-state index contributed by atoms with van der Waals surface area (Å²) >= 11 is 1.85. The molecular formula is C8H13N3S. The molecule has 0 bridgehead atoms. The topological polar surface area (TPSA) is 29.9 Å². The van der Waals surface area contributed by atoms with Crippen molar-refractivity contribution in [3.8, 4) is 0 Å². The molecule has 1 saturated heterocycles. The van der Waals surface area contributed by atoms with Gasteiger partial charge in [0.1, 0.15) is 0 Å². The van der Waals surface area contributed by atoms with E-state index in [9.17, 15) is 0 Å². The molecule has 0 saturated carbocycles. The van der Waals surface area contributed by atoms with Crippen molar-refractivity contribution in [2.45, 2.75) is 5.16 Å². The number of nitrogens with one attached hydrogen (secondary N) is 1. The second kappa shape index (κ2) is 3.49. The first-order valence-electron chi connectivity index (χ1n) is 4.17. The Labute approximate surface area is 76.6 Å². The van der Waals surface area contributed by atoms with Crippen molar-refractivity contribution in [1.82, 2.24) is 14.9 Å². The highest BCUT2D eigenvalue weighted by Gasteiger charge is 2.17. The molecule has 1 aromatic rings. The fourth-order valence-corrected chi connectivity index (χ4v) is 2.17. The van der Waals surface area contributed by atoms with Crippen LogP contribution in [0.2, 0.25) is 0 Å². The van der Waals surface area contributed by atoms with Gasteiger partial charge in [0.25, 0.3) is 0 Å². The number of thioether (sulfide) groups is 1. The van der Waals surface area contributed by atoms with Crippen LogP contribution in [0.4, 0.5) is 0 Å². The molecule has 2 rings (SSSR count). The third kappa shape index (κ3) is 1.64. The zero-order chi connectivity index (χ0) is 8.39. The van der Waals surface area contributed by atoms with Crippen LogP contribution in [0.1, 0.15) is 0 Å². The quantitative estimate of drug-likeness (QED) is 0.701. The van der Waals surface area contributed by atoms with Gasteiger partial charge in [0.15, 0.2) is 5.16 Å². The van der Waals surface area contributed by atoms with Crippen LogP contribution in [0, 0.1) is 5.92 Å². The number of rotatable bonds is 3. The molecule has 12 heavy (non-hydrogen) atoms. The van der Waals surface area contributed by atoms with Gasteiger partial charge in [-0.05, 0) is 19.0 Å². The summed E-state index contributed by atoms with van der Waals surface area (Å²) in [4.78, 5) is 4.25. The molecular weight excluding hydrogens is 170 g/mol. The van der Waals surface area contributed by atoms with E-state index in [0.29, 0.717) is 0 Å². The van der Waals surface area contributed by atoms with E-state index in [1.807, 2.05) is 31.2 Å². The summed E-state index contributed by atoms with van der Waals surface area (Å²) in [6.07, 6.45) is 3.84. The third-order valence-electron chi connectivity index (χ3n) is 2.09. The van der Waals surface area contributed by atoms with Crippen molar-refractivity contribution >= 4 is 11.8 Å².